The first kappa shape index (κ1) is 17.2. The molecule has 0 fully saturated rings. The van der Waals surface area contributed by atoms with Gasteiger partial charge in [0.1, 0.15) is 0 Å². The zero-order chi connectivity index (χ0) is 17.6. The van der Waals surface area contributed by atoms with Crippen molar-refractivity contribution in [3.63, 3.8) is 0 Å². The molecule has 1 atom stereocenters. The molecule has 0 radical (unpaired) electrons. The Morgan fingerprint density at radius 1 is 1.08 bits per heavy atom. The summed E-state index contributed by atoms with van der Waals surface area (Å²) in [7, 11) is 0. The van der Waals surface area contributed by atoms with E-state index in [-0.39, 0.29) is 30.8 Å². The SMILES string of the molecule is NC(CC(=O)NCC(=O)N1CCCc2ccccc21)c1ccccc1. The summed E-state index contributed by atoms with van der Waals surface area (Å²) in [4.78, 5) is 26.4. The van der Waals surface area contributed by atoms with E-state index in [1.807, 2.05) is 54.6 Å². The molecule has 1 aliphatic rings. The maximum atomic E-state index is 12.5. The first-order chi connectivity index (χ1) is 12.1. The lowest BCUT2D eigenvalue weighted by molar-refractivity contribution is -0.125. The van der Waals surface area contributed by atoms with Gasteiger partial charge in [0.05, 0.1) is 6.54 Å². The molecule has 1 aliphatic heterocycles. The van der Waals surface area contributed by atoms with E-state index in [0.29, 0.717) is 6.54 Å². The lowest BCUT2D eigenvalue weighted by Gasteiger charge is -2.29. The van der Waals surface area contributed by atoms with Gasteiger partial charge in [0.15, 0.2) is 0 Å². The van der Waals surface area contributed by atoms with Crippen molar-refractivity contribution in [3.8, 4) is 0 Å². The van der Waals surface area contributed by atoms with Crippen LogP contribution in [0.3, 0.4) is 0 Å². The van der Waals surface area contributed by atoms with E-state index in [1.165, 1.54) is 5.56 Å². The minimum absolute atomic E-state index is 0.00528. The number of nitrogens with zero attached hydrogens (tertiary/aromatic N) is 1. The third-order valence-electron chi connectivity index (χ3n) is 4.48. The molecule has 0 aromatic heterocycles. The second-order valence-corrected chi connectivity index (χ2v) is 6.28. The van der Waals surface area contributed by atoms with Crippen molar-refractivity contribution in [2.45, 2.75) is 25.3 Å². The van der Waals surface area contributed by atoms with Crippen LogP contribution in [0.4, 0.5) is 5.69 Å². The summed E-state index contributed by atoms with van der Waals surface area (Å²) in [6.07, 6.45) is 2.09. The van der Waals surface area contributed by atoms with E-state index < -0.39 is 0 Å². The number of carbonyl (C=O) groups is 2. The molecule has 2 aromatic carbocycles. The summed E-state index contributed by atoms with van der Waals surface area (Å²) < 4.78 is 0. The summed E-state index contributed by atoms with van der Waals surface area (Å²) in [6, 6.07) is 17.0. The number of anilines is 1. The number of hydrogen-bond acceptors (Lipinski definition) is 3. The molecule has 0 bridgehead atoms. The van der Waals surface area contributed by atoms with Gasteiger partial charge < -0.3 is 16.0 Å². The third-order valence-corrected chi connectivity index (χ3v) is 4.48. The molecular formula is C20H23N3O2. The number of nitrogens with two attached hydrogens (primary N) is 1. The molecule has 1 unspecified atom stereocenters. The first-order valence-corrected chi connectivity index (χ1v) is 8.60. The fourth-order valence-corrected chi connectivity index (χ4v) is 3.15. The van der Waals surface area contributed by atoms with Gasteiger partial charge in [-0.05, 0) is 30.0 Å². The zero-order valence-corrected chi connectivity index (χ0v) is 14.2. The van der Waals surface area contributed by atoms with E-state index in [1.54, 1.807) is 4.90 Å². The Kier molecular flexibility index (Phi) is 5.46. The van der Waals surface area contributed by atoms with Crippen molar-refractivity contribution in [2.75, 3.05) is 18.0 Å². The topological polar surface area (TPSA) is 75.4 Å². The number of hydrogen-bond donors (Lipinski definition) is 2. The van der Waals surface area contributed by atoms with Crippen LogP contribution in [0.5, 0.6) is 0 Å². The molecule has 5 heteroatoms. The molecule has 1 heterocycles. The summed E-state index contributed by atoms with van der Waals surface area (Å²) in [5.74, 6) is -0.302. The number of amides is 2. The quantitative estimate of drug-likeness (QED) is 0.878. The van der Waals surface area contributed by atoms with E-state index in [2.05, 4.69) is 5.32 Å². The molecule has 3 N–H and O–H groups in total. The van der Waals surface area contributed by atoms with Gasteiger partial charge in [-0.25, -0.2) is 0 Å². The van der Waals surface area contributed by atoms with Gasteiger partial charge in [0.2, 0.25) is 11.8 Å². The van der Waals surface area contributed by atoms with Crippen LogP contribution in [0.25, 0.3) is 0 Å². The van der Waals surface area contributed by atoms with Crippen LogP contribution in [-0.2, 0) is 16.0 Å². The summed E-state index contributed by atoms with van der Waals surface area (Å²) in [5.41, 5.74) is 9.10. The lowest BCUT2D eigenvalue weighted by Crippen LogP contribution is -2.43. The summed E-state index contributed by atoms with van der Waals surface area (Å²) in [5, 5.41) is 2.70. The van der Waals surface area contributed by atoms with Crippen LogP contribution in [0.15, 0.2) is 54.6 Å². The van der Waals surface area contributed by atoms with Gasteiger partial charge in [-0.15, -0.1) is 0 Å². The highest BCUT2D eigenvalue weighted by Gasteiger charge is 2.22. The number of aryl methyl sites for hydroxylation is 1. The predicted molar refractivity (Wildman–Crippen MR) is 98.1 cm³/mol. The smallest absolute Gasteiger partial charge is 0.246 e. The van der Waals surface area contributed by atoms with Crippen LogP contribution in [-0.4, -0.2) is 24.9 Å². The van der Waals surface area contributed by atoms with Gasteiger partial charge in [0, 0.05) is 24.7 Å². The van der Waals surface area contributed by atoms with E-state index in [0.717, 1.165) is 24.1 Å². The Morgan fingerprint density at radius 2 is 1.80 bits per heavy atom. The Bertz CT molecular complexity index is 746. The second kappa shape index (κ2) is 7.94. The minimum atomic E-state index is -0.369. The largest absolute Gasteiger partial charge is 0.347 e. The molecule has 0 saturated carbocycles. The molecule has 2 amide bonds. The first-order valence-electron chi connectivity index (χ1n) is 8.60. The van der Waals surface area contributed by atoms with E-state index in [4.69, 9.17) is 5.73 Å². The van der Waals surface area contributed by atoms with Gasteiger partial charge >= 0.3 is 0 Å². The molecule has 2 aromatic rings. The van der Waals surface area contributed by atoms with Gasteiger partial charge in [-0.2, -0.15) is 0 Å². The van der Waals surface area contributed by atoms with Crippen molar-refractivity contribution >= 4 is 17.5 Å². The Balaban J connectivity index is 1.53. The van der Waals surface area contributed by atoms with Crippen molar-refractivity contribution in [1.82, 2.24) is 5.32 Å². The van der Waals surface area contributed by atoms with Crippen LogP contribution in [0, 0.1) is 0 Å². The van der Waals surface area contributed by atoms with Gasteiger partial charge in [0.25, 0.3) is 0 Å². The highest BCUT2D eigenvalue weighted by atomic mass is 16.2. The molecule has 0 saturated heterocycles. The average Bonchev–Trinajstić information content (AvgIpc) is 2.66. The Hall–Kier alpha value is -2.66. The lowest BCUT2D eigenvalue weighted by atomic mass is 10.0. The predicted octanol–water partition coefficient (Wildman–Crippen LogP) is 2.17. The number of benzene rings is 2. The minimum Gasteiger partial charge on any atom is -0.347 e. The van der Waals surface area contributed by atoms with Crippen molar-refractivity contribution in [2.24, 2.45) is 5.73 Å². The number of fused-ring (bicyclic) bond motifs is 1. The van der Waals surface area contributed by atoms with Gasteiger partial charge in [-0.3, -0.25) is 9.59 Å². The number of nitrogens with one attached hydrogen (secondary N) is 1. The van der Waals surface area contributed by atoms with Crippen LogP contribution in [0.2, 0.25) is 0 Å². The van der Waals surface area contributed by atoms with E-state index >= 15 is 0 Å². The van der Waals surface area contributed by atoms with Crippen molar-refractivity contribution in [3.05, 3.63) is 65.7 Å². The molecule has 3 rings (SSSR count). The summed E-state index contributed by atoms with van der Waals surface area (Å²) >= 11 is 0. The summed E-state index contributed by atoms with van der Waals surface area (Å²) in [6.45, 7) is 0.684. The maximum absolute atomic E-state index is 12.5. The maximum Gasteiger partial charge on any atom is 0.246 e. The fourth-order valence-electron chi connectivity index (χ4n) is 3.15. The Morgan fingerprint density at radius 3 is 2.60 bits per heavy atom. The van der Waals surface area contributed by atoms with Gasteiger partial charge in [-0.1, -0.05) is 48.5 Å². The zero-order valence-electron chi connectivity index (χ0n) is 14.2. The molecule has 25 heavy (non-hydrogen) atoms. The number of rotatable bonds is 5. The average molecular weight is 337 g/mol. The number of para-hydroxylation sites is 1. The highest BCUT2D eigenvalue weighted by Crippen LogP contribution is 2.26. The number of carbonyl (C=O) groups excluding carboxylic acids is 2. The normalized spacial score (nSPS) is 14.5. The third kappa shape index (κ3) is 4.25. The standard InChI is InChI=1S/C20H23N3O2/c21-17(15-7-2-1-3-8-15)13-19(24)22-14-20(25)23-12-6-10-16-9-4-5-11-18(16)23/h1-5,7-9,11,17H,6,10,12-14,21H2,(H,22,24). The molecule has 0 spiro atoms. The molecule has 5 nitrogen and oxygen atoms in total. The van der Waals surface area contributed by atoms with Crippen molar-refractivity contribution < 1.29 is 9.59 Å². The Labute approximate surface area is 147 Å². The molecule has 130 valence electrons. The van der Waals surface area contributed by atoms with Crippen molar-refractivity contribution in [1.29, 1.82) is 0 Å². The second-order valence-electron chi connectivity index (χ2n) is 6.28. The van der Waals surface area contributed by atoms with Crippen LogP contribution >= 0.6 is 0 Å². The molecule has 0 aliphatic carbocycles. The fraction of sp³-hybridized carbons (Fsp3) is 0.300. The van der Waals surface area contributed by atoms with Crippen LogP contribution in [0.1, 0.15) is 30.0 Å². The molecular weight excluding hydrogens is 314 g/mol. The monoisotopic (exact) mass is 337 g/mol. The van der Waals surface area contributed by atoms with E-state index in [9.17, 15) is 9.59 Å². The van der Waals surface area contributed by atoms with Crippen LogP contribution < -0.4 is 16.0 Å². The highest BCUT2D eigenvalue weighted by molar-refractivity contribution is 5.97.